The maximum Gasteiger partial charge on any atom is 0.222 e. The van der Waals surface area contributed by atoms with Gasteiger partial charge in [0, 0.05) is 119 Å². The SMILES string of the molecule is [2H]c1c(C)[n+](C)c(-c2cc(-c3cccnc3)ccc2C)c2ccc(CC3CCCC3)cc12.[2H]c1c(C)[n+](C)c(-c2cc(C)ccc2C)c2ccc([N+]#[C-])cc12.[2H]c1c(C)[n+](C)c(-c2ccccc2C)c2ccc([N+]#[C-])cc12.[2H]c1c(C)[n+](C)c(-c2ccncc2C)c2ccc(CC3CCCC3)cc12.[2H]c1c(C)[n+](C)c(-c2cnccc2C)c2ccc(CC3CCCC3)cc12. The van der Waals surface area contributed by atoms with Crippen LogP contribution in [0.2, 0.25) is 0 Å². The van der Waals surface area contributed by atoms with E-state index in [0.717, 1.165) is 164 Å². The summed E-state index contributed by atoms with van der Waals surface area (Å²) in [6.07, 6.45) is 31.1. The van der Waals surface area contributed by atoms with Crippen molar-refractivity contribution >= 4 is 65.2 Å². The standard InChI is InChI=1S/C29H31N2.2C23H27N2.C20H19N2.C19H17N2/c1-20-10-12-24(25-9-6-14-30-19-25)18-28(20)29-27-13-11-23(16-22-7-4-5-8-22)17-26(27)15-21(2)31(29)3;1-16-15-24-11-10-21(16)23-22-9-8-19(13-18-6-4-5-7-18)14-20(22)12-17(2)25(23)3;1-16-10-11-24-15-22(16)23-21-9-8-19(13-18-6-4-5-7-18)14-20(21)12-17(2)25(23)3;1-13-6-7-14(2)19(10-13)20-18-9-8-17(21-4)12-16(18)11-15(3)22(20)5;1-13-7-5-6-8-17(13)19-18-10-9-16(20-3)12-15(18)11-14(2)21(19)4/h6,9-15,17-19,22H,4-5,7-8,16H2,1-3H3;2*8-12,14-15,18H,4-7,13H2,1-3H3;6-12H,1-3,5H3;5-12H,1-2,4H3/q5*+1/i15D;2*12D;2*11D. The van der Waals surface area contributed by atoms with E-state index in [9.17, 15) is 0 Å². The predicted molar refractivity (Wildman–Crippen MR) is 513 cm³/mol. The van der Waals surface area contributed by atoms with Gasteiger partial charge in [0.2, 0.25) is 28.5 Å². The summed E-state index contributed by atoms with van der Waals surface area (Å²) in [5.41, 5.74) is 31.2. The van der Waals surface area contributed by atoms with Crippen LogP contribution in [-0.4, -0.2) is 15.0 Å². The number of fused-ring (bicyclic) bond motifs is 5. The van der Waals surface area contributed by atoms with Crippen molar-refractivity contribution in [1.29, 1.82) is 0 Å². The first-order chi connectivity index (χ1) is 62.1. The second kappa shape index (κ2) is 38.3. The van der Waals surface area contributed by atoms with Gasteiger partial charge in [0.1, 0.15) is 35.2 Å². The summed E-state index contributed by atoms with van der Waals surface area (Å²) in [5.74, 6) is 2.45. The summed E-state index contributed by atoms with van der Waals surface area (Å²) in [7, 11) is 10.2. The first-order valence-electron chi connectivity index (χ1n) is 47.0. The van der Waals surface area contributed by atoms with Crippen molar-refractivity contribution in [1.82, 2.24) is 15.0 Å². The third kappa shape index (κ3) is 18.9. The van der Waals surface area contributed by atoms with Crippen molar-refractivity contribution in [2.24, 2.45) is 53.0 Å². The van der Waals surface area contributed by atoms with Crippen LogP contribution in [0.3, 0.4) is 0 Å². The van der Waals surface area contributed by atoms with Gasteiger partial charge in [-0.15, -0.1) is 0 Å². The van der Waals surface area contributed by atoms with Gasteiger partial charge in [-0.25, -0.2) is 9.69 Å². The van der Waals surface area contributed by atoms with E-state index in [-0.39, 0.29) is 0 Å². The van der Waals surface area contributed by atoms with E-state index < -0.39 is 0 Å². The molecule has 10 heteroatoms. The van der Waals surface area contributed by atoms with Gasteiger partial charge < -0.3 is 0 Å². The smallest absolute Gasteiger partial charge is 0.222 e. The molecule has 3 aliphatic carbocycles. The van der Waals surface area contributed by atoms with Crippen LogP contribution in [0.4, 0.5) is 11.4 Å². The van der Waals surface area contributed by atoms with Crippen LogP contribution in [0.15, 0.2) is 243 Å². The van der Waals surface area contributed by atoms with Gasteiger partial charge in [-0.1, -0.05) is 192 Å². The zero-order valence-corrected chi connectivity index (χ0v) is 75.5. The Hall–Kier alpha value is -12.8. The normalized spacial score (nSPS) is 14.0. The lowest BCUT2D eigenvalue weighted by Crippen LogP contribution is -2.35. The molecule has 0 atom stereocenters. The third-order valence-electron chi connectivity index (χ3n) is 26.7. The van der Waals surface area contributed by atoms with E-state index in [1.165, 1.54) is 150 Å². The van der Waals surface area contributed by atoms with Crippen LogP contribution < -0.4 is 22.8 Å². The lowest BCUT2D eigenvalue weighted by Gasteiger charge is -2.14. The van der Waals surface area contributed by atoms with Crippen LogP contribution in [0.5, 0.6) is 0 Å². The molecule has 0 amide bonds. The van der Waals surface area contributed by atoms with Crippen molar-refractivity contribution in [3.05, 3.63) is 345 Å². The second-order valence-corrected chi connectivity index (χ2v) is 35.3. The Morgan fingerprint density at radius 2 is 0.661 bits per heavy atom. The minimum Gasteiger partial charge on any atom is -0.264 e. The Bertz CT molecular complexity index is 6940. The summed E-state index contributed by atoms with van der Waals surface area (Å²) >= 11 is 0. The molecule has 16 aromatic rings. The topological polar surface area (TPSA) is 66.8 Å². The van der Waals surface area contributed by atoms with E-state index in [1.807, 2.05) is 134 Å². The highest BCUT2D eigenvalue weighted by Crippen LogP contribution is 2.40. The van der Waals surface area contributed by atoms with E-state index in [4.69, 9.17) is 20.0 Å². The highest BCUT2D eigenvalue weighted by molar-refractivity contribution is 5.99. The lowest BCUT2D eigenvalue weighted by molar-refractivity contribution is -0.665. The van der Waals surface area contributed by atoms with Crippen molar-refractivity contribution in [3.8, 4) is 67.4 Å². The molecule has 0 bridgehead atoms. The maximum atomic E-state index is 8.87. The molecule has 124 heavy (non-hydrogen) atoms. The number of hydrogen-bond acceptors (Lipinski definition) is 3. The monoisotopic (exact) mass is 1640 g/mol. The molecule has 0 radical (unpaired) electrons. The number of aromatic nitrogens is 8. The molecule has 3 saturated carbocycles. The average molecular weight is 1640 g/mol. The van der Waals surface area contributed by atoms with Crippen LogP contribution in [-0.2, 0) is 54.5 Å². The molecule has 0 N–H and O–H groups in total. The largest absolute Gasteiger partial charge is 0.264 e. The first kappa shape index (κ1) is 79.7. The van der Waals surface area contributed by atoms with Crippen LogP contribution in [0.25, 0.3) is 131 Å². The summed E-state index contributed by atoms with van der Waals surface area (Å²) in [6.45, 7) is 37.2. The van der Waals surface area contributed by atoms with E-state index in [2.05, 4.69) is 238 Å². The van der Waals surface area contributed by atoms with E-state index >= 15 is 0 Å². The number of aryl methyl sites for hydroxylation is 6. The zero-order chi connectivity index (χ0) is 91.3. The van der Waals surface area contributed by atoms with Gasteiger partial charge in [0.15, 0.2) is 39.8 Å². The number of benzene rings is 8. The molecule has 0 spiro atoms. The van der Waals surface area contributed by atoms with Gasteiger partial charge in [0.05, 0.1) is 63.6 Å². The number of rotatable bonds is 12. The zero-order valence-electron chi connectivity index (χ0n) is 80.5. The van der Waals surface area contributed by atoms with Crippen LogP contribution in [0.1, 0.15) is 162 Å². The molecule has 10 nitrogen and oxygen atoms in total. The summed E-state index contributed by atoms with van der Waals surface area (Å²) in [6, 6.07) is 64.0. The molecule has 19 rings (SSSR count). The minimum atomic E-state index is 0.486. The lowest BCUT2D eigenvalue weighted by atomic mass is 9.92. The predicted octanol–water partition coefficient (Wildman–Crippen LogP) is 26.2. The van der Waals surface area contributed by atoms with Crippen LogP contribution in [0, 0.1) is 107 Å². The Labute approximate surface area is 743 Å². The molecule has 3 aliphatic rings. The van der Waals surface area contributed by atoms with Crippen LogP contribution >= 0.6 is 0 Å². The maximum absolute atomic E-state index is 8.87. The van der Waals surface area contributed by atoms with Gasteiger partial charge in [-0.3, -0.25) is 15.0 Å². The summed E-state index contributed by atoms with van der Waals surface area (Å²) < 4.78 is 53.7. The Morgan fingerprint density at radius 3 is 1.07 bits per heavy atom. The highest BCUT2D eigenvalue weighted by atomic mass is 15.0. The van der Waals surface area contributed by atoms with Gasteiger partial charge in [-0.2, -0.15) is 22.8 Å². The van der Waals surface area contributed by atoms with Crippen molar-refractivity contribution in [2.45, 2.75) is 172 Å². The molecular formula is C114H121N10+5. The number of nitrogens with zero attached hydrogens (tertiary/aromatic N) is 10. The van der Waals surface area contributed by atoms with Crippen molar-refractivity contribution in [3.63, 3.8) is 0 Å². The Morgan fingerprint density at radius 1 is 0.306 bits per heavy atom. The molecule has 8 aromatic carbocycles. The molecule has 3 fully saturated rings. The fourth-order valence-electron chi connectivity index (χ4n) is 19.2. The van der Waals surface area contributed by atoms with Gasteiger partial charge in [0.25, 0.3) is 0 Å². The molecule has 8 aromatic heterocycles. The minimum absolute atomic E-state index is 0.486. The number of hydrogen-bond donors (Lipinski definition) is 0. The van der Waals surface area contributed by atoms with Gasteiger partial charge in [-0.05, 0) is 222 Å². The molecular weight excluding hydrogens is 1510 g/mol. The second-order valence-electron chi connectivity index (χ2n) is 35.3. The van der Waals surface area contributed by atoms with E-state index in [0.29, 0.717) is 41.6 Å². The molecule has 8 heterocycles. The fourth-order valence-corrected chi connectivity index (χ4v) is 19.2. The Kier molecular flexibility index (Phi) is 24.6. The van der Waals surface area contributed by atoms with E-state index in [1.54, 1.807) is 0 Å². The fraction of sp³-hybridized carbons (Fsp3) is 0.298. The highest BCUT2D eigenvalue weighted by Gasteiger charge is 2.28. The van der Waals surface area contributed by atoms with Crippen molar-refractivity contribution < 1.29 is 29.7 Å². The quantitative estimate of drug-likeness (QED) is 0.0904. The number of pyridine rings is 8. The van der Waals surface area contributed by atoms with Gasteiger partial charge >= 0.3 is 0 Å². The first-order valence-corrected chi connectivity index (χ1v) is 44.5. The van der Waals surface area contributed by atoms with Crippen molar-refractivity contribution in [2.75, 3.05) is 0 Å². The molecule has 0 saturated heterocycles. The third-order valence-corrected chi connectivity index (χ3v) is 26.7. The summed E-state index contributed by atoms with van der Waals surface area (Å²) in [4.78, 5) is 19.9. The molecule has 0 unspecified atom stereocenters. The Balaban J connectivity index is 0.000000125. The summed E-state index contributed by atoms with van der Waals surface area (Å²) in [5, 5.41) is 10.4. The molecule has 622 valence electrons. The average Bonchev–Trinajstić information content (AvgIpc) is 1.22. The molecule has 0 aliphatic heterocycles.